The molecular formula is C18H22N4O3S. The van der Waals surface area contributed by atoms with Gasteiger partial charge in [-0.05, 0) is 31.0 Å². The molecule has 2 aliphatic rings. The lowest BCUT2D eigenvalue weighted by atomic mass is 9.97. The van der Waals surface area contributed by atoms with Gasteiger partial charge < -0.3 is 10.1 Å². The minimum absolute atomic E-state index is 0.0820. The van der Waals surface area contributed by atoms with E-state index in [2.05, 4.69) is 15.3 Å². The lowest BCUT2D eigenvalue weighted by Crippen LogP contribution is -2.36. The Kier molecular flexibility index (Phi) is 4.42. The summed E-state index contributed by atoms with van der Waals surface area (Å²) in [5, 5.41) is 3.27. The lowest BCUT2D eigenvalue weighted by Gasteiger charge is -2.23. The Labute approximate surface area is 153 Å². The van der Waals surface area contributed by atoms with Crippen molar-refractivity contribution < 1.29 is 13.2 Å². The molecule has 2 atom stereocenters. The molecule has 1 aromatic heterocycles. The first-order valence-electron chi connectivity index (χ1n) is 8.72. The van der Waals surface area contributed by atoms with E-state index >= 15 is 0 Å². The number of nitrogens with one attached hydrogen (secondary N) is 1. The standard InChI is InChI=1S/C18H22N4O3S/c1-14-5-2-3-6-16(14)26(23,24)22-10-7-18(13-22)11-15(12-25-18)21-17-19-8-4-9-20-17/h2-6,8-9,15H,7,10-13H2,1H3,(H,19,20,21)/t15-,18+/m1/s1. The highest BCUT2D eigenvalue weighted by Crippen LogP contribution is 2.38. The molecule has 0 saturated carbocycles. The number of hydrogen-bond donors (Lipinski definition) is 1. The predicted molar refractivity (Wildman–Crippen MR) is 97.3 cm³/mol. The molecule has 2 saturated heterocycles. The quantitative estimate of drug-likeness (QED) is 0.879. The van der Waals surface area contributed by atoms with Crippen LogP contribution in [0.4, 0.5) is 5.95 Å². The largest absolute Gasteiger partial charge is 0.371 e. The predicted octanol–water partition coefficient (Wildman–Crippen LogP) is 1.82. The van der Waals surface area contributed by atoms with Gasteiger partial charge >= 0.3 is 0 Å². The molecule has 2 aromatic rings. The van der Waals surface area contributed by atoms with Crippen molar-refractivity contribution in [2.45, 2.75) is 36.3 Å². The third kappa shape index (κ3) is 3.20. The van der Waals surface area contributed by atoms with Gasteiger partial charge in [-0.2, -0.15) is 4.31 Å². The Balaban J connectivity index is 1.46. The maximum atomic E-state index is 13.0. The maximum absolute atomic E-state index is 13.0. The van der Waals surface area contributed by atoms with Gasteiger partial charge in [0.25, 0.3) is 0 Å². The van der Waals surface area contributed by atoms with E-state index in [1.807, 2.05) is 19.1 Å². The lowest BCUT2D eigenvalue weighted by molar-refractivity contribution is 0.0173. The van der Waals surface area contributed by atoms with Crippen molar-refractivity contribution in [1.29, 1.82) is 0 Å². The van der Waals surface area contributed by atoms with Crippen molar-refractivity contribution in [3.63, 3.8) is 0 Å². The average molecular weight is 374 g/mol. The Bertz CT molecular complexity index is 890. The number of aromatic nitrogens is 2. The molecule has 4 rings (SSSR count). The molecule has 0 bridgehead atoms. The number of rotatable bonds is 4. The van der Waals surface area contributed by atoms with Crippen molar-refractivity contribution in [3.8, 4) is 0 Å². The summed E-state index contributed by atoms with van der Waals surface area (Å²) < 4.78 is 33.6. The minimum Gasteiger partial charge on any atom is -0.371 e. The smallest absolute Gasteiger partial charge is 0.243 e. The molecule has 2 fully saturated rings. The van der Waals surface area contributed by atoms with Crippen LogP contribution in [0.5, 0.6) is 0 Å². The topological polar surface area (TPSA) is 84.4 Å². The summed E-state index contributed by atoms with van der Waals surface area (Å²) in [6.07, 6.45) is 4.82. The van der Waals surface area contributed by atoms with E-state index in [1.54, 1.807) is 34.9 Å². The second-order valence-electron chi connectivity index (χ2n) is 6.97. The Morgan fingerprint density at radius 2 is 2.00 bits per heavy atom. The van der Waals surface area contributed by atoms with Crippen LogP contribution in [0.2, 0.25) is 0 Å². The minimum atomic E-state index is -3.50. The van der Waals surface area contributed by atoms with Gasteiger partial charge in [0.2, 0.25) is 16.0 Å². The van der Waals surface area contributed by atoms with Gasteiger partial charge in [0.1, 0.15) is 0 Å². The summed E-state index contributed by atoms with van der Waals surface area (Å²) in [5.74, 6) is 0.570. The molecule has 0 radical (unpaired) electrons. The number of anilines is 1. The van der Waals surface area contributed by atoms with Gasteiger partial charge in [0.05, 0.1) is 23.1 Å². The van der Waals surface area contributed by atoms with Crippen LogP contribution < -0.4 is 5.32 Å². The number of hydrogen-bond acceptors (Lipinski definition) is 6. The fourth-order valence-electron chi connectivity index (χ4n) is 3.78. The molecule has 2 aliphatic heterocycles. The van der Waals surface area contributed by atoms with Crippen LogP contribution in [0.1, 0.15) is 18.4 Å². The van der Waals surface area contributed by atoms with E-state index in [1.165, 1.54) is 0 Å². The summed E-state index contributed by atoms with van der Waals surface area (Å²) in [4.78, 5) is 8.73. The molecule has 8 heteroatoms. The van der Waals surface area contributed by atoms with E-state index in [-0.39, 0.29) is 6.04 Å². The van der Waals surface area contributed by atoms with Gasteiger partial charge in [-0.1, -0.05) is 18.2 Å². The highest BCUT2D eigenvalue weighted by atomic mass is 32.2. The van der Waals surface area contributed by atoms with Crippen LogP contribution >= 0.6 is 0 Å². The number of benzene rings is 1. The van der Waals surface area contributed by atoms with Gasteiger partial charge in [-0.15, -0.1) is 0 Å². The SMILES string of the molecule is Cc1ccccc1S(=O)(=O)N1CC[C@]2(C[C@@H](Nc3ncccn3)CO2)C1. The molecule has 26 heavy (non-hydrogen) atoms. The van der Waals surface area contributed by atoms with Gasteiger partial charge in [0, 0.05) is 31.9 Å². The van der Waals surface area contributed by atoms with Gasteiger partial charge in [-0.25, -0.2) is 18.4 Å². The van der Waals surface area contributed by atoms with Crippen molar-refractivity contribution >= 4 is 16.0 Å². The summed E-state index contributed by atoms with van der Waals surface area (Å²) in [7, 11) is -3.50. The number of ether oxygens (including phenoxy) is 1. The highest BCUT2D eigenvalue weighted by Gasteiger charge is 2.48. The highest BCUT2D eigenvalue weighted by molar-refractivity contribution is 7.89. The molecule has 138 valence electrons. The molecule has 0 aliphatic carbocycles. The third-order valence-corrected chi connectivity index (χ3v) is 7.11. The Morgan fingerprint density at radius 1 is 1.23 bits per heavy atom. The third-order valence-electron chi connectivity index (χ3n) is 5.10. The molecule has 1 N–H and O–H groups in total. The van der Waals surface area contributed by atoms with E-state index in [9.17, 15) is 8.42 Å². The maximum Gasteiger partial charge on any atom is 0.243 e. The summed E-state index contributed by atoms with van der Waals surface area (Å²) in [5.41, 5.74) is 0.337. The number of nitrogens with zero attached hydrogens (tertiary/aromatic N) is 3. The summed E-state index contributed by atoms with van der Waals surface area (Å²) in [6.45, 7) is 3.21. The summed E-state index contributed by atoms with van der Waals surface area (Å²) >= 11 is 0. The van der Waals surface area contributed by atoms with Crippen molar-refractivity contribution in [2.75, 3.05) is 25.0 Å². The number of sulfonamides is 1. The first kappa shape index (κ1) is 17.4. The average Bonchev–Trinajstić information content (AvgIpc) is 3.23. The fraction of sp³-hybridized carbons (Fsp3) is 0.444. The monoisotopic (exact) mass is 374 g/mol. The van der Waals surface area contributed by atoms with Crippen LogP contribution in [-0.4, -0.2) is 54.0 Å². The van der Waals surface area contributed by atoms with Crippen molar-refractivity contribution in [2.24, 2.45) is 0 Å². The normalized spacial score (nSPS) is 26.4. The molecule has 1 aromatic carbocycles. The second-order valence-corrected chi connectivity index (χ2v) is 8.87. The molecule has 7 nitrogen and oxygen atoms in total. The second kappa shape index (κ2) is 6.61. The molecule has 3 heterocycles. The van der Waals surface area contributed by atoms with Crippen LogP contribution in [0.3, 0.4) is 0 Å². The molecule has 0 unspecified atom stereocenters. The number of aryl methyl sites for hydroxylation is 1. The van der Waals surface area contributed by atoms with Gasteiger partial charge in [0.15, 0.2) is 0 Å². The zero-order valence-corrected chi connectivity index (χ0v) is 15.4. The van der Waals surface area contributed by atoms with Crippen LogP contribution in [0.15, 0.2) is 47.6 Å². The molecule has 0 amide bonds. The zero-order chi connectivity index (χ0) is 18.2. The first-order chi connectivity index (χ1) is 12.5. The van der Waals surface area contributed by atoms with Crippen LogP contribution in [0, 0.1) is 6.92 Å². The summed E-state index contributed by atoms with van der Waals surface area (Å²) in [6, 6.07) is 8.95. The first-order valence-corrected chi connectivity index (χ1v) is 10.2. The Hall–Kier alpha value is -2.03. The van der Waals surface area contributed by atoms with E-state index < -0.39 is 15.6 Å². The molecule has 1 spiro atoms. The molecular weight excluding hydrogens is 352 g/mol. The van der Waals surface area contributed by atoms with Crippen molar-refractivity contribution in [1.82, 2.24) is 14.3 Å². The van der Waals surface area contributed by atoms with Gasteiger partial charge in [-0.3, -0.25) is 0 Å². The fourth-order valence-corrected chi connectivity index (χ4v) is 5.52. The van der Waals surface area contributed by atoms with Crippen molar-refractivity contribution in [3.05, 3.63) is 48.3 Å². The van der Waals surface area contributed by atoms with Crippen LogP contribution in [0.25, 0.3) is 0 Å². The van der Waals surface area contributed by atoms with E-state index in [0.29, 0.717) is 37.0 Å². The van der Waals surface area contributed by atoms with Crippen LogP contribution in [-0.2, 0) is 14.8 Å². The van der Waals surface area contributed by atoms with E-state index in [0.717, 1.165) is 12.0 Å². The van der Waals surface area contributed by atoms with E-state index in [4.69, 9.17) is 4.74 Å². The Morgan fingerprint density at radius 3 is 2.77 bits per heavy atom. The zero-order valence-electron chi connectivity index (χ0n) is 14.6.